The van der Waals surface area contributed by atoms with Crippen molar-refractivity contribution in [3.05, 3.63) is 59.9 Å². The summed E-state index contributed by atoms with van der Waals surface area (Å²) in [4.78, 5) is 4.18. The number of hydrogen-bond acceptors (Lipinski definition) is 2. The summed E-state index contributed by atoms with van der Waals surface area (Å²) in [5, 5.41) is 2.85. The van der Waals surface area contributed by atoms with Gasteiger partial charge in [-0.1, -0.05) is 35.9 Å². The third-order valence-corrected chi connectivity index (χ3v) is 3.32. The molecule has 88 valence electrons. The van der Waals surface area contributed by atoms with Gasteiger partial charge in [-0.3, -0.25) is 4.98 Å². The van der Waals surface area contributed by atoms with Crippen molar-refractivity contribution in [2.45, 2.75) is 0 Å². The predicted octanol–water partition coefficient (Wildman–Crippen LogP) is 4.14. The highest BCUT2D eigenvalue weighted by Crippen LogP contribution is 2.31. The molecule has 0 bridgehead atoms. The van der Waals surface area contributed by atoms with Crippen LogP contribution in [0, 0.1) is 0 Å². The topological polar surface area (TPSA) is 38.9 Å². The van der Waals surface area contributed by atoms with Crippen LogP contribution in [0.1, 0.15) is 0 Å². The maximum absolute atomic E-state index is 6.07. The van der Waals surface area contributed by atoms with E-state index >= 15 is 0 Å². The van der Waals surface area contributed by atoms with E-state index in [4.69, 9.17) is 17.3 Å². The standard InChI is InChI=1S/C15H11ClN2/c16-14-8-11(4-5-15(14)17)12-3-1-2-10-6-7-18-9-13(10)12/h1-9H,17H2. The number of halogens is 1. The maximum Gasteiger partial charge on any atom is 0.0641 e. The first kappa shape index (κ1) is 11.1. The highest BCUT2D eigenvalue weighted by atomic mass is 35.5. The first-order chi connectivity index (χ1) is 8.75. The van der Waals surface area contributed by atoms with Gasteiger partial charge in [0.05, 0.1) is 10.7 Å². The molecule has 0 unspecified atom stereocenters. The first-order valence-corrected chi connectivity index (χ1v) is 6.01. The number of benzene rings is 2. The van der Waals surface area contributed by atoms with Crippen LogP contribution in [0.25, 0.3) is 21.9 Å². The molecule has 0 fully saturated rings. The van der Waals surface area contributed by atoms with Gasteiger partial charge in [-0.15, -0.1) is 0 Å². The number of aromatic nitrogens is 1. The Hall–Kier alpha value is -2.06. The Morgan fingerprint density at radius 1 is 1.06 bits per heavy atom. The van der Waals surface area contributed by atoms with E-state index in [9.17, 15) is 0 Å². The molecule has 0 aliphatic rings. The average molecular weight is 255 g/mol. The average Bonchev–Trinajstić information content (AvgIpc) is 2.41. The zero-order valence-corrected chi connectivity index (χ0v) is 10.4. The van der Waals surface area contributed by atoms with Crippen LogP contribution in [0.2, 0.25) is 5.02 Å². The van der Waals surface area contributed by atoms with Crippen molar-refractivity contribution in [3.8, 4) is 11.1 Å². The van der Waals surface area contributed by atoms with Crippen LogP contribution in [0.3, 0.4) is 0 Å². The molecule has 18 heavy (non-hydrogen) atoms. The fourth-order valence-corrected chi connectivity index (χ4v) is 2.24. The van der Waals surface area contributed by atoms with Gasteiger partial charge in [0, 0.05) is 17.8 Å². The van der Waals surface area contributed by atoms with Crippen LogP contribution in [0.15, 0.2) is 54.9 Å². The van der Waals surface area contributed by atoms with Gasteiger partial charge in [-0.25, -0.2) is 0 Å². The molecule has 2 N–H and O–H groups in total. The van der Waals surface area contributed by atoms with Gasteiger partial charge < -0.3 is 5.73 Å². The second-order valence-corrected chi connectivity index (χ2v) is 4.55. The second-order valence-electron chi connectivity index (χ2n) is 4.14. The summed E-state index contributed by atoms with van der Waals surface area (Å²) in [5.41, 5.74) is 8.49. The minimum atomic E-state index is 0.577. The smallest absolute Gasteiger partial charge is 0.0641 e. The van der Waals surface area contributed by atoms with Gasteiger partial charge in [0.2, 0.25) is 0 Å². The van der Waals surface area contributed by atoms with E-state index in [-0.39, 0.29) is 0 Å². The lowest BCUT2D eigenvalue weighted by Crippen LogP contribution is -1.87. The van der Waals surface area contributed by atoms with Gasteiger partial charge in [0.1, 0.15) is 0 Å². The van der Waals surface area contributed by atoms with E-state index in [2.05, 4.69) is 17.1 Å². The Balaban J connectivity index is 2.28. The molecule has 3 heteroatoms. The van der Waals surface area contributed by atoms with Gasteiger partial charge in [0.15, 0.2) is 0 Å². The molecule has 0 radical (unpaired) electrons. The molecule has 2 nitrogen and oxygen atoms in total. The van der Waals surface area contributed by atoms with Crippen molar-refractivity contribution in [2.24, 2.45) is 0 Å². The normalized spacial score (nSPS) is 10.7. The zero-order valence-electron chi connectivity index (χ0n) is 9.60. The molecule has 0 atom stereocenters. The lowest BCUT2D eigenvalue weighted by molar-refractivity contribution is 1.36. The van der Waals surface area contributed by atoms with Crippen LogP contribution in [0.5, 0.6) is 0 Å². The molecule has 1 aromatic heterocycles. The molecule has 0 saturated heterocycles. The first-order valence-electron chi connectivity index (χ1n) is 5.64. The van der Waals surface area contributed by atoms with E-state index < -0.39 is 0 Å². The summed E-state index contributed by atoms with van der Waals surface area (Å²) in [6.07, 6.45) is 3.66. The molecule has 0 spiro atoms. The van der Waals surface area contributed by atoms with Crippen molar-refractivity contribution in [3.63, 3.8) is 0 Å². The van der Waals surface area contributed by atoms with Crippen LogP contribution >= 0.6 is 11.6 Å². The maximum atomic E-state index is 6.07. The highest BCUT2D eigenvalue weighted by molar-refractivity contribution is 6.33. The molecule has 2 aromatic carbocycles. The molecule has 3 rings (SSSR count). The number of pyridine rings is 1. The Bertz CT molecular complexity index is 717. The van der Waals surface area contributed by atoms with Crippen molar-refractivity contribution in [2.75, 3.05) is 5.73 Å². The molecular weight excluding hydrogens is 244 g/mol. The predicted molar refractivity (Wildman–Crippen MR) is 76.6 cm³/mol. The van der Waals surface area contributed by atoms with Gasteiger partial charge in [0.25, 0.3) is 0 Å². The van der Waals surface area contributed by atoms with Gasteiger partial charge in [-0.2, -0.15) is 0 Å². The van der Waals surface area contributed by atoms with Crippen molar-refractivity contribution in [1.29, 1.82) is 0 Å². The summed E-state index contributed by atoms with van der Waals surface area (Å²) in [7, 11) is 0. The van der Waals surface area contributed by atoms with Crippen LogP contribution in [-0.4, -0.2) is 4.98 Å². The second kappa shape index (κ2) is 4.31. The lowest BCUT2D eigenvalue weighted by Gasteiger charge is -2.07. The van der Waals surface area contributed by atoms with E-state index in [1.807, 2.05) is 36.5 Å². The third-order valence-electron chi connectivity index (χ3n) is 3.00. The number of rotatable bonds is 1. The fraction of sp³-hybridized carbons (Fsp3) is 0. The number of anilines is 1. The molecule has 0 saturated carbocycles. The van der Waals surface area contributed by atoms with Crippen molar-refractivity contribution < 1.29 is 0 Å². The van der Waals surface area contributed by atoms with Crippen LogP contribution in [-0.2, 0) is 0 Å². The summed E-state index contributed by atoms with van der Waals surface area (Å²) in [6.45, 7) is 0. The van der Waals surface area contributed by atoms with E-state index in [0.717, 1.165) is 21.9 Å². The molecular formula is C15H11ClN2. The molecule has 0 amide bonds. The van der Waals surface area contributed by atoms with Gasteiger partial charge >= 0.3 is 0 Å². The zero-order chi connectivity index (χ0) is 12.5. The Kier molecular flexibility index (Phi) is 2.65. The monoisotopic (exact) mass is 254 g/mol. The Morgan fingerprint density at radius 3 is 2.78 bits per heavy atom. The molecule has 3 aromatic rings. The van der Waals surface area contributed by atoms with Crippen molar-refractivity contribution in [1.82, 2.24) is 4.98 Å². The minimum Gasteiger partial charge on any atom is -0.398 e. The quantitative estimate of drug-likeness (QED) is 0.663. The number of nitrogens with zero attached hydrogens (tertiary/aromatic N) is 1. The largest absolute Gasteiger partial charge is 0.398 e. The van der Waals surface area contributed by atoms with E-state index in [0.29, 0.717) is 10.7 Å². The summed E-state index contributed by atoms with van der Waals surface area (Å²) in [5.74, 6) is 0. The summed E-state index contributed by atoms with van der Waals surface area (Å²) >= 11 is 6.07. The highest BCUT2D eigenvalue weighted by Gasteiger charge is 2.05. The minimum absolute atomic E-state index is 0.577. The number of fused-ring (bicyclic) bond motifs is 1. The van der Waals surface area contributed by atoms with Crippen LogP contribution < -0.4 is 5.73 Å². The summed E-state index contributed by atoms with van der Waals surface area (Å²) < 4.78 is 0. The van der Waals surface area contributed by atoms with E-state index in [1.54, 1.807) is 6.20 Å². The number of nitrogen functional groups attached to an aromatic ring is 1. The number of nitrogens with two attached hydrogens (primary N) is 1. The van der Waals surface area contributed by atoms with Crippen LogP contribution in [0.4, 0.5) is 5.69 Å². The molecule has 0 aliphatic carbocycles. The SMILES string of the molecule is Nc1ccc(-c2cccc3ccncc23)cc1Cl. The van der Waals surface area contributed by atoms with Gasteiger partial charge in [-0.05, 0) is 34.7 Å². The Morgan fingerprint density at radius 2 is 1.94 bits per heavy atom. The summed E-state index contributed by atoms with van der Waals surface area (Å²) in [6, 6.07) is 13.8. The fourth-order valence-electron chi connectivity index (χ4n) is 2.06. The van der Waals surface area contributed by atoms with E-state index in [1.165, 1.54) is 0 Å². The molecule has 0 aliphatic heterocycles. The molecule has 1 heterocycles. The number of hydrogen-bond donors (Lipinski definition) is 1. The third kappa shape index (κ3) is 1.81. The van der Waals surface area contributed by atoms with Crippen molar-refractivity contribution >= 4 is 28.1 Å². The Labute approximate surface area is 110 Å². The lowest BCUT2D eigenvalue weighted by atomic mass is 10.00.